The second-order valence-electron chi connectivity index (χ2n) is 6.08. The average molecular weight is 240 g/mol. The number of rotatable bonds is 5. The molecule has 0 spiro atoms. The van der Waals surface area contributed by atoms with E-state index in [1.807, 2.05) is 27.7 Å². The molecule has 1 rings (SSSR count). The summed E-state index contributed by atoms with van der Waals surface area (Å²) >= 11 is 0. The summed E-state index contributed by atoms with van der Waals surface area (Å²) < 4.78 is 12.0. The van der Waals surface area contributed by atoms with Crippen LogP contribution in [0, 0.1) is 0 Å². The molecule has 0 amide bonds. The first-order valence-electron chi connectivity index (χ1n) is 6.54. The number of hydrogen-bond acceptors (Lipinski definition) is 3. The maximum absolute atomic E-state index is 11.3. The molecular weight excluding hydrogens is 215 g/mol. The molecule has 1 aliphatic heterocycles. The summed E-state index contributed by atoms with van der Waals surface area (Å²) in [5, 5.41) is 0. The maximum Gasteiger partial charge on any atom is 0.461 e. The van der Waals surface area contributed by atoms with Crippen LogP contribution >= 0.6 is 0 Å². The molecule has 1 heterocycles. The zero-order valence-electron chi connectivity index (χ0n) is 12.0. The van der Waals surface area contributed by atoms with E-state index in [1.54, 1.807) is 6.92 Å². The van der Waals surface area contributed by atoms with Gasteiger partial charge in [0.05, 0.1) is 11.2 Å². The van der Waals surface area contributed by atoms with E-state index >= 15 is 0 Å². The molecule has 17 heavy (non-hydrogen) atoms. The van der Waals surface area contributed by atoms with Crippen molar-refractivity contribution in [2.24, 2.45) is 0 Å². The van der Waals surface area contributed by atoms with E-state index in [9.17, 15) is 4.79 Å². The Morgan fingerprint density at radius 3 is 2.00 bits per heavy atom. The summed E-state index contributed by atoms with van der Waals surface area (Å²) in [5.74, 6) is 0.386. The van der Waals surface area contributed by atoms with Crippen molar-refractivity contribution in [1.29, 1.82) is 0 Å². The molecule has 3 nitrogen and oxygen atoms in total. The normalized spacial score (nSPS) is 23.8. The van der Waals surface area contributed by atoms with Crippen LogP contribution < -0.4 is 0 Å². The molecular formula is C13H25BO3. The highest BCUT2D eigenvalue weighted by molar-refractivity contribution is 6.47. The lowest BCUT2D eigenvalue weighted by Gasteiger charge is -2.32. The van der Waals surface area contributed by atoms with E-state index in [2.05, 4.69) is 6.92 Å². The fraction of sp³-hybridized carbons (Fsp3) is 0.923. The fourth-order valence-corrected chi connectivity index (χ4v) is 2.16. The van der Waals surface area contributed by atoms with Crippen LogP contribution in [0.1, 0.15) is 60.8 Å². The molecule has 1 atom stereocenters. The summed E-state index contributed by atoms with van der Waals surface area (Å²) in [5.41, 5.74) is -0.610. The summed E-state index contributed by atoms with van der Waals surface area (Å²) in [6, 6.07) is 0. The van der Waals surface area contributed by atoms with Gasteiger partial charge in [0.25, 0.3) is 0 Å². The maximum atomic E-state index is 11.3. The van der Waals surface area contributed by atoms with Crippen LogP contribution in [0.25, 0.3) is 0 Å². The molecule has 98 valence electrons. The van der Waals surface area contributed by atoms with Gasteiger partial charge in [-0.3, -0.25) is 0 Å². The molecule has 0 aromatic carbocycles. The van der Waals surface area contributed by atoms with E-state index in [1.165, 1.54) is 0 Å². The van der Waals surface area contributed by atoms with Crippen molar-refractivity contribution >= 4 is 12.9 Å². The quantitative estimate of drug-likeness (QED) is 0.692. The minimum Gasteiger partial charge on any atom is -0.403 e. The van der Waals surface area contributed by atoms with Gasteiger partial charge < -0.3 is 14.1 Å². The Morgan fingerprint density at radius 1 is 1.18 bits per heavy atom. The molecule has 1 aliphatic rings. The van der Waals surface area contributed by atoms with Gasteiger partial charge in [-0.15, -0.1) is 0 Å². The molecule has 0 aromatic heterocycles. The van der Waals surface area contributed by atoms with Gasteiger partial charge >= 0.3 is 7.12 Å². The first kappa shape index (κ1) is 14.7. The molecule has 0 bridgehead atoms. The highest BCUT2D eigenvalue weighted by Crippen LogP contribution is 2.41. The predicted octanol–water partition coefficient (Wildman–Crippen LogP) is 3.23. The minimum atomic E-state index is -0.305. The molecule has 0 unspecified atom stereocenters. The molecule has 0 radical (unpaired) electrons. The van der Waals surface area contributed by atoms with Crippen LogP contribution in [0.4, 0.5) is 0 Å². The summed E-state index contributed by atoms with van der Waals surface area (Å²) in [6.45, 7) is 11.9. The number of carbonyl (C=O) groups excluding carboxylic acids is 1. The Hall–Kier alpha value is -0.345. The molecule has 1 saturated heterocycles. The average Bonchev–Trinajstić information content (AvgIpc) is 2.34. The highest BCUT2D eigenvalue weighted by atomic mass is 16.7. The van der Waals surface area contributed by atoms with Crippen molar-refractivity contribution in [3.05, 3.63) is 0 Å². The third-order valence-electron chi connectivity index (χ3n) is 3.87. The lowest BCUT2D eigenvalue weighted by Crippen LogP contribution is -2.41. The first-order chi connectivity index (χ1) is 7.69. The van der Waals surface area contributed by atoms with Crippen LogP contribution in [0.3, 0.4) is 0 Å². The zero-order chi connectivity index (χ0) is 13.3. The lowest BCUT2D eigenvalue weighted by atomic mass is 9.67. The Labute approximate surface area is 105 Å². The van der Waals surface area contributed by atoms with Crippen molar-refractivity contribution in [3.63, 3.8) is 0 Å². The van der Waals surface area contributed by atoms with Crippen molar-refractivity contribution in [3.8, 4) is 0 Å². The van der Waals surface area contributed by atoms with Crippen LogP contribution in [0.15, 0.2) is 0 Å². The van der Waals surface area contributed by atoms with Crippen molar-refractivity contribution < 1.29 is 14.1 Å². The first-order valence-corrected chi connectivity index (χ1v) is 6.54. The summed E-state index contributed by atoms with van der Waals surface area (Å²) in [7, 11) is -0.246. The molecule has 0 aromatic rings. The van der Waals surface area contributed by atoms with E-state index in [0.717, 1.165) is 12.8 Å². The van der Waals surface area contributed by atoms with Gasteiger partial charge in [0.2, 0.25) is 0 Å². The van der Waals surface area contributed by atoms with Crippen LogP contribution in [-0.4, -0.2) is 24.1 Å². The van der Waals surface area contributed by atoms with Gasteiger partial charge in [0.15, 0.2) is 0 Å². The van der Waals surface area contributed by atoms with Gasteiger partial charge in [-0.05, 0) is 34.6 Å². The molecule has 0 aliphatic carbocycles. The number of Topliss-reactive ketones (excluding diaryl/α,β-unsaturated/α-hetero) is 1. The predicted molar refractivity (Wildman–Crippen MR) is 70.0 cm³/mol. The number of carbonyl (C=O) groups is 1. The Morgan fingerprint density at radius 2 is 1.65 bits per heavy atom. The monoisotopic (exact) mass is 240 g/mol. The topological polar surface area (TPSA) is 35.5 Å². The van der Waals surface area contributed by atoms with Gasteiger partial charge in [0.1, 0.15) is 5.78 Å². The van der Waals surface area contributed by atoms with Gasteiger partial charge in [-0.1, -0.05) is 19.8 Å². The van der Waals surface area contributed by atoms with E-state index < -0.39 is 0 Å². The molecule has 4 heteroatoms. The Kier molecular flexibility index (Phi) is 4.42. The van der Waals surface area contributed by atoms with E-state index in [-0.39, 0.29) is 29.9 Å². The fourth-order valence-electron chi connectivity index (χ4n) is 2.16. The Balaban J connectivity index is 2.75. The SMILES string of the molecule is CCC[C@@H](CC(C)=O)B1OC(C)(C)C(C)(C)O1. The smallest absolute Gasteiger partial charge is 0.403 e. The third kappa shape index (κ3) is 3.32. The van der Waals surface area contributed by atoms with Crippen molar-refractivity contribution in [1.82, 2.24) is 0 Å². The highest BCUT2D eigenvalue weighted by Gasteiger charge is 2.53. The van der Waals surface area contributed by atoms with Gasteiger partial charge in [-0.2, -0.15) is 0 Å². The second-order valence-corrected chi connectivity index (χ2v) is 6.08. The lowest BCUT2D eigenvalue weighted by molar-refractivity contribution is -0.117. The Bertz CT molecular complexity index is 270. The van der Waals surface area contributed by atoms with Crippen molar-refractivity contribution in [2.75, 3.05) is 0 Å². The minimum absolute atomic E-state index is 0.179. The van der Waals surface area contributed by atoms with Crippen molar-refractivity contribution in [2.45, 2.75) is 77.8 Å². The summed E-state index contributed by atoms with van der Waals surface area (Å²) in [6.07, 6.45) is 2.56. The molecule has 0 saturated carbocycles. The number of ketones is 1. The standard InChI is InChI=1S/C13H25BO3/c1-7-8-11(9-10(2)15)14-16-12(3,4)13(5,6)17-14/h11H,7-9H2,1-6H3/t11-/m0/s1. The second kappa shape index (κ2) is 5.11. The van der Waals surface area contributed by atoms with Gasteiger partial charge in [0, 0.05) is 12.2 Å². The van der Waals surface area contributed by atoms with E-state index in [0.29, 0.717) is 6.42 Å². The molecule has 0 N–H and O–H groups in total. The molecule has 1 fully saturated rings. The largest absolute Gasteiger partial charge is 0.461 e. The zero-order valence-corrected chi connectivity index (χ0v) is 12.0. The number of hydrogen-bond donors (Lipinski definition) is 0. The van der Waals surface area contributed by atoms with Crippen LogP contribution in [0.5, 0.6) is 0 Å². The van der Waals surface area contributed by atoms with Crippen LogP contribution in [0.2, 0.25) is 5.82 Å². The van der Waals surface area contributed by atoms with Crippen LogP contribution in [-0.2, 0) is 14.1 Å². The summed E-state index contributed by atoms with van der Waals surface area (Å²) in [4.78, 5) is 11.3. The third-order valence-corrected chi connectivity index (χ3v) is 3.87. The van der Waals surface area contributed by atoms with E-state index in [4.69, 9.17) is 9.31 Å². The van der Waals surface area contributed by atoms with Gasteiger partial charge in [-0.25, -0.2) is 0 Å².